The number of nitrogens with two attached hydrogens (primary N) is 1. The Bertz CT molecular complexity index is 619. The summed E-state index contributed by atoms with van der Waals surface area (Å²) < 4.78 is 0. The molecular weight excluding hydrogens is 316 g/mol. The summed E-state index contributed by atoms with van der Waals surface area (Å²) in [5.41, 5.74) is 7.76. The first-order valence-electron chi connectivity index (χ1n) is 9.30. The summed E-state index contributed by atoms with van der Waals surface area (Å²) in [6.07, 6.45) is 6.35. The van der Waals surface area contributed by atoms with Gasteiger partial charge in [-0.05, 0) is 49.1 Å². The van der Waals surface area contributed by atoms with E-state index >= 15 is 0 Å². The van der Waals surface area contributed by atoms with Crippen LogP contribution in [0.2, 0.25) is 0 Å². The Morgan fingerprint density at radius 2 is 2.00 bits per heavy atom. The van der Waals surface area contributed by atoms with Crippen molar-refractivity contribution in [3.63, 3.8) is 0 Å². The summed E-state index contributed by atoms with van der Waals surface area (Å²) in [6.45, 7) is 1.97. The van der Waals surface area contributed by atoms with Crippen LogP contribution in [-0.4, -0.2) is 36.6 Å². The first-order chi connectivity index (χ1) is 12.1. The molecule has 25 heavy (non-hydrogen) atoms. The molecule has 0 bridgehead atoms. The zero-order valence-electron chi connectivity index (χ0n) is 14.7. The van der Waals surface area contributed by atoms with Gasteiger partial charge in [0, 0.05) is 19.6 Å². The summed E-state index contributed by atoms with van der Waals surface area (Å²) in [6, 6.07) is 8.03. The molecule has 4 N–H and O–H groups in total. The molecule has 6 nitrogen and oxygen atoms in total. The highest BCUT2D eigenvalue weighted by atomic mass is 16.2. The number of benzene rings is 1. The molecule has 0 radical (unpaired) electrons. The topological polar surface area (TPSA) is 87.5 Å². The minimum Gasteiger partial charge on any atom is -0.352 e. The molecule has 2 aliphatic rings. The molecule has 2 atom stereocenters. The highest BCUT2D eigenvalue weighted by Gasteiger charge is 2.27. The number of fused-ring (bicyclic) bond motifs is 1. The largest absolute Gasteiger partial charge is 0.352 e. The third kappa shape index (κ3) is 4.65. The fourth-order valence-corrected chi connectivity index (χ4v) is 3.97. The molecule has 1 aliphatic heterocycles. The number of amides is 4. The number of hydrogen-bond donors (Lipinski definition) is 3. The summed E-state index contributed by atoms with van der Waals surface area (Å²) in [5.74, 6) is 0.272. The molecule has 1 aliphatic carbocycles. The van der Waals surface area contributed by atoms with Gasteiger partial charge < -0.3 is 21.3 Å². The maximum Gasteiger partial charge on any atom is 0.317 e. The fourth-order valence-electron chi connectivity index (χ4n) is 3.97. The van der Waals surface area contributed by atoms with Gasteiger partial charge in [-0.3, -0.25) is 0 Å². The number of rotatable bonds is 3. The Labute approximate surface area is 149 Å². The predicted octanol–water partition coefficient (Wildman–Crippen LogP) is 2.54. The summed E-state index contributed by atoms with van der Waals surface area (Å²) in [4.78, 5) is 25.5. The van der Waals surface area contributed by atoms with Crippen molar-refractivity contribution in [3.8, 4) is 0 Å². The van der Waals surface area contributed by atoms with Gasteiger partial charge in [0.2, 0.25) is 0 Å². The Balaban J connectivity index is 1.61. The molecule has 0 unspecified atom stereocenters. The number of aryl methyl sites for hydroxylation is 1. The van der Waals surface area contributed by atoms with Crippen LogP contribution in [0.3, 0.4) is 0 Å². The number of carbonyl (C=O) groups excluding carboxylic acids is 2. The highest BCUT2D eigenvalue weighted by Crippen LogP contribution is 2.29. The highest BCUT2D eigenvalue weighted by molar-refractivity contribution is 5.75. The zero-order chi connectivity index (χ0) is 17.6. The van der Waals surface area contributed by atoms with Crippen molar-refractivity contribution in [1.82, 2.24) is 15.5 Å². The summed E-state index contributed by atoms with van der Waals surface area (Å²) >= 11 is 0. The van der Waals surface area contributed by atoms with E-state index in [1.165, 1.54) is 17.5 Å². The third-order valence-corrected chi connectivity index (χ3v) is 5.29. The van der Waals surface area contributed by atoms with Crippen LogP contribution in [0.15, 0.2) is 24.3 Å². The number of piperidine rings is 1. The van der Waals surface area contributed by atoms with Crippen LogP contribution in [0.5, 0.6) is 0 Å². The van der Waals surface area contributed by atoms with Gasteiger partial charge in [0.15, 0.2) is 0 Å². The van der Waals surface area contributed by atoms with Crippen molar-refractivity contribution in [2.45, 2.75) is 44.6 Å². The van der Waals surface area contributed by atoms with Gasteiger partial charge in [-0.15, -0.1) is 0 Å². The van der Waals surface area contributed by atoms with E-state index in [0.29, 0.717) is 13.1 Å². The lowest BCUT2D eigenvalue weighted by Gasteiger charge is -2.34. The summed E-state index contributed by atoms with van der Waals surface area (Å²) in [5, 5.41) is 5.90. The number of carbonyl (C=O) groups is 2. The van der Waals surface area contributed by atoms with Gasteiger partial charge >= 0.3 is 12.1 Å². The fraction of sp³-hybridized carbons (Fsp3) is 0.579. The van der Waals surface area contributed by atoms with Crippen molar-refractivity contribution in [3.05, 3.63) is 35.4 Å². The van der Waals surface area contributed by atoms with Crippen LogP contribution in [0.25, 0.3) is 0 Å². The summed E-state index contributed by atoms with van der Waals surface area (Å²) in [7, 11) is 0. The number of urea groups is 2. The SMILES string of the molecule is NC(=O)NC[C@H]1CCCN(C(=O)N[C@H]2CCCCc3ccccc32)C1. The van der Waals surface area contributed by atoms with Crippen molar-refractivity contribution in [2.24, 2.45) is 11.7 Å². The van der Waals surface area contributed by atoms with Crippen LogP contribution in [0, 0.1) is 5.92 Å². The normalized spacial score (nSPS) is 23.3. The smallest absolute Gasteiger partial charge is 0.317 e. The standard InChI is InChI=1S/C19H28N4O2/c20-18(24)21-12-14-6-5-11-23(13-14)19(25)22-17-10-4-2-8-15-7-1-3-9-16(15)17/h1,3,7,9,14,17H,2,4-6,8,10-13H2,(H,22,25)(H3,20,21,24)/t14-,17+/m1/s1. The molecule has 6 heteroatoms. The van der Waals surface area contributed by atoms with E-state index in [-0.39, 0.29) is 18.0 Å². The van der Waals surface area contributed by atoms with Crippen molar-refractivity contribution in [1.29, 1.82) is 0 Å². The molecule has 1 aromatic carbocycles. The average molecular weight is 344 g/mol. The average Bonchev–Trinajstić information content (AvgIpc) is 2.83. The lowest BCUT2D eigenvalue weighted by molar-refractivity contribution is 0.161. The van der Waals surface area contributed by atoms with Gasteiger partial charge in [0.25, 0.3) is 0 Å². The monoisotopic (exact) mass is 344 g/mol. The predicted molar refractivity (Wildman–Crippen MR) is 97.2 cm³/mol. The molecule has 3 rings (SSSR count). The minimum absolute atomic E-state index is 0.00507. The van der Waals surface area contributed by atoms with E-state index in [1.807, 2.05) is 4.90 Å². The van der Waals surface area contributed by atoms with Gasteiger partial charge in [-0.25, -0.2) is 9.59 Å². The van der Waals surface area contributed by atoms with Crippen LogP contribution in [0.4, 0.5) is 9.59 Å². The zero-order valence-corrected chi connectivity index (χ0v) is 14.7. The first-order valence-corrected chi connectivity index (χ1v) is 9.30. The molecule has 4 amide bonds. The van der Waals surface area contributed by atoms with Gasteiger partial charge in [0.1, 0.15) is 0 Å². The van der Waals surface area contributed by atoms with Gasteiger partial charge in [-0.2, -0.15) is 0 Å². The van der Waals surface area contributed by atoms with E-state index in [2.05, 4.69) is 34.9 Å². The number of nitrogens with one attached hydrogen (secondary N) is 2. The van der Waals surface area contributed by atoms with Crippen molar-refractivity contribution < 1.29 is 9.59 Å². The van der Waals surface area contributed by atoms with E-state index < -0.39 is 6.03 Å². The lowest BCUT2D eigenvalue weighted by Crippen LogP contribution is -2.48. The lowest BCUT2D eigenvalue weighted by atomic mass is 9.97. The number of nitrogens with zero attached hydrogens (tertiary/aromatic N) is 1. The van der Waals surface area contributed by atoms with Crippen LogP contribution < -0.4 is 16.4 Å². The molecule has 1 saturated heterocycles. The van der Waals surface area contributed by atoms with E-state index in [9.17, 15) is 9.59 Å². The number of likely N-dealkylation sites (tertiary alicyclic amines) is 1. The second-order valence-corrected chi connectivity index (χ2v) is 7.15. The van der Waals surface area contributed by atoms with Crippen LogP contribution in [-0.2, 0) is 6.42 Å². The number of primary amides is 1. The Kier molecular flexibility index (Phi) is 5.79. The maximum absolute atomic E-state index is 12.8. The van der Waals surface area contributed by atoms with E-state index in [0.717, 1.165) is 38.6 Å². The quantitative estimate of drug-likeness (QED) is 0.736. The van der Waals surface area contributed by atoms with Gasteiger partial charge in [-0.1, -0.05) is 30.7 Å². The maximum atomic E-state index is 12.8. The second kappa shape index (κ2) is 8.23. The number of hydrogen-bond acceptors (Lipinski definition) is 2. The second-order valence-electron chi connectivity index (χ2n) is 7.15. The molecule has 0 spiro atoms. The first kappa shape index (κ1) is 17.6. The molecule has 1 heterocycles. The Morgan fingerprint density at radius 1 is 1.16 bits per heavy atom. The molecule has 136 valence electrons. The Hall–Kier alpha value is -2.24. The van der Waals surface area contributed by atoms with Crippen molar-refractivity contribution >= 4 is 12.1 Å². The minimum atomic E-state index is -0.503. The molecule has 1 fully saturated rings. The van der Waals surface area contributed by atoms with Gasteiger partial charge in [0.05, 0.1) is 6.04 Å². The van der Waals surface area contributed by atoms with Crippen molar-refractivity contribution in [2.75, 3.05) is 19.6 Å². The third-order valence-electron chi connectivity index (χ3n) is 5.29. The Morgan fingerprint density at radius 3 is 2.84 bits per heavy atom. The molecule has 0 saturated carbocycles. The van der Waals surface area contributed by atoms with Crippen LogP contribution in [0.1, 0.15) is 49.3 Å². The van der Waals surface area contributed by atoms with E-state index in [1.54, 1.807) is 0 Å². The molecule has 0 aromatic heterocycles. The molecular formula is C19H28N4O2. The van der Waals surface area contributed by atoms with Crippen LogP contribution >= 0.6 is 0 Å². The molecule has 1 aromatic rings. The van der Waals surface area contributed by atoms with E-state index in [4.69, 9.17) is 5.73 Å².